The van der Waals surface area contributed by atoms with Gasteiger partial charge in [0.15, 0.2) is 0 Å². The van der Waals surface area contributed by atoms with E-state index < -0.39 is 11.8 Å². The summed E-state index contributed by atoms with van der Waals surface area (Å²) >= 11 is 1.66. The summed E-state index contributed by atoms with van der Waals surface area (Å²) in [6.45, 7) is 0. The zero-order valence-corrected chi connectivity index (χ0v) is 16.4. The van der Waals surface area contributed by atoms with E-state index in [4.69, 9.17) is 0 Å². The molecule has 0 fully saturated rings. The van der Waals surface area contributed by atoms with Crippen molar-refractivity contribution in [3.63, 3.8) is 0 Å². The van der Waals surface area contributed by atoms with E-state index in [2.05, 4.69) is 44.0 Å². The molecule has 0 atom stereocenters. The number of nitrogens with zero attached hydrogens (tertiary/aromatic N) is 2. The summed E-state index contributed by atoms with van der Waals surface area (Å²) in [6, 6.07) is 17.1. The fourth-order valence-corrected chi connectivity index (χ4v) is 4.33. The molecule has 0 unspecified atom stereocenters. The second kappa shape index (κ2) is 7.41. The molecule has 0 aliphatic rings. The van der Waals surface area contributed by atoms with Crippen LogP contribution in [0.3, 0.4) is 0 Å². The number of H-pyrrole nitrogens is 1. The average Bonchev–Trinajstić information content (AvgIpc) is 3.40. The van der Waals surface area contributed by atoms with Crippen LogP contribution >= 0.6 is 11.3 Å². The van der Waals surface area contributed by atoms with E-state index in [0.717, 1.165) is 26.7 Å². The molecular weight excluding hydrogens is 398 g/mol. The van der Waals surface area contributed by atoms with Gasteiger partial charge in [0.05, 0.1) is 11.7 Å². The summed E-state index contributed by atoms with van der Waals surface area (Å²) in [7, 11) is 0. The highest BCUT2D eigenvalue weighted by atomic mass is 32.1. The Morgan fingerprint density at radius 3 is 2.43 bits per heavy atom. The second-order valence-electron chi connectivity index (χ2n) is 6.65. The average molecular weight is 413 g/mol. The number of nitrogens with one attached hydrogen (secondary N) is 3. The van der Waals surface area contributed by atoms with Crippen molar-refractivity contribution in [1.82, 2.24) is 15.2 Å². The molecule has 3 heterocycles. The van der Waals surface area contributed by atoms with Crippen LogP contribution in [0.15, 0.2) is 73.2 Å². The van der Waals surface area contributed by atoms with E-state index in [-0.39, 0.29) is 0 Å². The summed E-state index contributed by atoms with van der Waals surface area (Å²) < 4.78 is 1.17. The number of fused-ring (bicyclic) bond motifs is 2. The lowest BCUT2D eigenvalue weighted by Crippen LogP contribution is -2.29. The minimum atomic E-state index is -0.753. The fourth-order valence-electron chi connectivity index (χ4n) is 3.25. The number of anilines is 2. The van der Waals surface area contributed by atoms with E-state index in [1.165, 1.54) is 17.1 Å². The number of carbonyl (C=O) groups excluding carboxylic acids is 2. The lowest BCUT2D eigenvalue weighted by atomic mass is 10.1. The van der Waals surface area contributed by atoms with Crippen molar-refractivity contribution in [2.75, 3.05) is 10.6 Å². The van der Waals surface area contributed by atoms with Gasteiger partial charge in [-0.15, -0.1) is 11.3 Å². The zero-order valence-electron chi connectivity index (χ0n) is 15.5. The molecule has 0 saturated carbocycles. The molecule has 30 heavy (non-hydrogen) atoms. The Morgan fingerprint density at radius 1 is 0.867 bits per heavy atom. The van der Waals surface area contributed by atoms with Crippen LogP contribution < -0.4 is 10.6 Å². The van der Waals surface area contributed by atoms with Crippen molar-refractivity contribution in [3.8, 4) is 10.4 Å². The van der Waals surface area contributed by atoms with Crippen LogP contribution in [0.2, 0.25) is 0 Å². The molecular formula is C22H15N5O2S. The molecule has 0 bridgehead atoms. The Hall–Kier alpha value is -4.04. The molecule has 0 aliphatic carbocycles. The van der Waals surface area contributed by atoms with Crippen LogP contribution in [0.25, 0.3) is 31.4 Å². The molecule has 0 saturated heterocycles. The van der Waals surface area contributed by atoms with E-state index in [1.807, 2.05) is 18.2 Å². The van der Waals surface area contributed by atoms with Gasteiger partial charge in [0.2, 0.25) is 0 Å². The monoisotopic (exact) mass is 413 g/mol. The van der Waals surface area contributed by atoms with Gasteiger partial charge in [-0.05, 0) is 41.8 Å². The number of hydrogen-bond acceptors (Lipinski definition) is 5. The van der Waals surface area contributed by atoms with E-state index in [9.17, 15) is 9.59 Å². The molecule has 0 spiro atoms. The summed E-state index contributed by atoms with van der Waals surface area (Å²) in [5.74, 6) is -1.51. The number of pyridine rings is 1. The van der Waals surface area contributed by atoms with Gasteiger partial charge < -0.3 is 10.6 Å². The number of aromatic nitrogens is 3. The largest absolute Gasteiger partial charge is 0.318 e. The van der Waals surface area contributed by atoms with Crippen LogP contribution in [0.1, 0.15) is 0 Å². The normalized spacial score (nSPS) is 10.9. The molecule has 7 nitrogen and oxygen atoms in total. The summed E-state index contributed by atoms with van der Waals surface area (Å²) in [6.07, 6.45) is 4.77. The quantitative estimate of drug-likeness (QED) is 0.381. The maximum atomic E-state index is 12.4. The number of aromatic amines is 1. The third-order valence-electron chi connectivity index (χ3n) is 4.64. The van der Waals surface area contributed by atoms with Gasteiger partial charge >= 0.3 is 11.8 Å². The lowest BCUT2D eigenvalue weighted by molar-refractivity contribution is -0.132. The Labute approximate surface area is 174 Å². The number of thiophene rings is 1. The van der Waals surface area contributed by atoms with Gasteiger partial charge in [0.25, 0.3) is 0 Å². The van der Waals surface area contributed by atoms with Gasteiger partial charge in [-0.25, -0.2) is 0 Å². The van der Waals surface area contributed by atoms with Crippen molar-refractivity contribution in [3.05, 3.63) is 73.2 Å². The minimum absolute atomic E-state index is 0.501. The van der Waals surface area contributed by atoms with E-state index in [0.29, 0.717) is 11.4 Å². The third kappa shape index (κ3) is 3.40. The standard InChI is InChI=1S/C22H15N5O2S/c28-21(25-15-5-7-23-8-6-15)22(29)26-16-9-14-12-24-27-20(14)17(11-16)19-10-13-3-1-2-4-18(13)30-19/h1-12H,(H,24,27)(H,26,29)(H,23,25,28). The predicted octanol–water partition coefficient (Wildman–Crippen LogP) is 4.42. The highest BCUT2D eigenvalue weighted by Crippen LogP contribution is 2.38. The van der Waals surface area contributed by atoms with Crippen molar-refractivity contribution < 1.29 is 9.59 Å². The van der Waals surface area contributed by atoms with Crippen LogP contribution in [-0.2, 0) is 9.59 Å². The minimum Gasteiger partial charge on any atom is -0.318 e. The summed E-state index contributed by atoms with van der Waals surface area (Å²) in [5, 5.41) is 14.4. The van der Waals surface area contributed by atoms with Crippen LogP contribution in [0, 0.1) is 0 Å². The number of rotatable bonds is 3. The van der Waals surface area contributed by atoms with E-state index in [1.54, 1.807) is 35.7 Å². The highest BCUT2D eigenvalue weighted by Gasteiger charge is 2.17. The first-order chi connectivity index (χ1) is 14.7. The first-order valence-electron chi connectivity index (χ1n) is 9.16. The second-order valence-corrected chi connectivity index (χ2v) is 7.73. The summed E-state index contributed by atoms with van der Waals surface area (Å²) in [4.78, 5) is 29.6. The number of benzene rings is 2. The van der Waals surface area contributed by atoms with Gasteiger partial charge in [-0.2, -0.15) is 5.10 Å². The number of carbonyl (C=O) groups is 2. The van der Waals surface area contributed by atoms with Crippen molar-refractivity contribution >= 4 is 55.5 Å². The Balaban J connectivity index is 1.46. The van der Waals surface area contributed by atoms with Crippen LogP contribution in [0.5, 0.6) is 0 Å². The Morgan fingerprint density at radius 2 is 1.63 bits per heavy atom. The molecule has 3 aromatic heterocycles. The molecule has 5 rings (SSSR count). The topological polar surface area (TPSA) is 99.8 Å². The maximum absolute atomic E-state index is 12.4. The molecule has 5 aromatic rings. The SMILES string of the molecule is O=C(Nc1ccncc1)C(=O)Nc1cc(-c2cc3ccccc3s2)c2[nH]ncc2c1. The van der Waals surface area contributed by atoms with E-state index >= 15 is 0 Å². The first kappa shape index (κ1) is 18.0. The molecule has 3 N–H and O–H groups in total. The van der Waals surface area contributed by atoms with Crippen LogP contribution in [0.4, 0.5) is 11.4 Å². The van der Waals surface area contributed by atoms with Gasteiger partial charge in [0.1, 0.15) is 0 Å². The number of amides is 2. The predicted molar refractivity (Wildman–Crippen MR) is 118 cm³/mol. The summed E-state index contributed by atoms with van der Waals surface area (Å²) in [5.41, 5.74) is 2.81. The molecule has 2 aromatic carbocycles. The third-order valence-corrected chi connectivity index (χ3v) is 5.79. The fraction of sp³-hybridized carbons (Fsp3) is 0. The van der Waals surface area contributed by atoms with Gasteiger partial charge in [-0.3, -0.25) is 19.7 Å². The molecule has 8 heteroatoms. The Bertz CT molecular complexity index is 1360. The van der Waals surface area contributed by atoms with Gasteiger partial charge in [-0.1, -0.05) is 18.2 Å². The Kier molecular flexibility index (Phi) is 4.45. The lowest BCUT2D eigenvalue weighted by Gasteiger charge is -2.09. The van der Waals surface area contributed by atoms with Crippen molar-refractivity contribution in [2.45, 2.75) is 0 Å². The highest BCUT2D eigenvalue weighted by molar-refractivity contribution is 7.22. The van der Waals surface area contributed by atoms with Gasteiger partial charge in [0, 0.05) is 44.3 Å². The van der Waals surface area contributed by atoms with Crippen molar-refractivity contribution in [2.24, 2.45) is 0 Å². The first-order valence-corrected chi connectivity index (χ1v) is 9.97. The molecule has 0 aliphatic heterocycles. The van der Waals surface area contributed by atoms with Crippen molar-refractivity contribution in [1.29, 1.82) is 0 Å². The maximum Gasteiger partial charge on any atom is 0.314 e. The molecule has 146 valence electrons. The smallest absolute Gasteiger partial charge is 0.314 e. The van der Waals surface area contributed by atoms with Crippen LogP contribution in [-0.4, -0.2) is 27.0 Å². The zero-order chi connectivity index (χ0) is 20.5. The molecule has 0 radical (unpaired) electrons. The molecule has 2 amide bonds. The number of hydrogen-bond donors (Lipinski definition) is 3.